The van der Waals surface area contributed by atoms with Gasteiger partial charge >= 0.3 is 0 Å². The van der Waals surface area contributed by atoms with Gasteiger partial charge in [-0.15, -0.1) is 0 Å². The van der Waals surface area contributed by atoms with E-state index in [4.69, 9.17) is 0 Å². The Morgan fingerprint density at radius 3 is 1.75 bits per heavy atom. The molecule has 1 heterocycles. The van der Waals surface area contributed by atoms with Crippen LogP contribution in [0.1, 0.15) is 96.8 Å². The van der Waals surface area contributed by atoms with Gasteiger partial charge in [-0.05, 0) is 12.8 Å². The second kappa shape index (κ2) is 12.2. The van der Waals surface area contributed by atoms with E-state index in [1.807, 2.05) is 0 Å². The topological polar surface area (TPSA) is 20.3 Å². The van der Waals surface area contributed by atoms with Crippen molar-refractivity contribution in [2.45, 2.75) is 96.8 Å². The fraction of sp³-hybridized carbons (Fsp3) is 0.944. The zero-order chi connectivity index (χ0) is 14.5. The van der Waals surface area contributed by atoms with E-state index in [-0.39, 0.29) is 0 Å². The van der Waals surface area contributed by atoms with Crippen LogP contribution in [0.25, 0.3) is 0 Å². The van der Waals surface area contributed by atoms with Gasteiger partial charge in [0, 0.05) is 19.5 Å². The lowest BCUT2D eigenvalue weighted by atomic mass is 10.1. The third-order valence-corrected chi connectivity index (χ3v) is 4.45. The van der Waals surface area contributed by atoms with E-state index >= 15 is 0 Å². The van der Waals surface area contributed by atoms with Crippen molar-refractivity contribution in [3.63, 3.8) is 0 Å². The SMILES string of the molecule is CCCCCCCCCCCCCCN1CCCC1=O. The maximum absolute atomic E-state index is 11.4. The van der Waals surface area contributed by atoms with E-state index in [0.717, 1.165) is 25.9 Å². The lowest BCUT2D eigenvalue weighted by Gasteiger charge is -2.14. The van der Waals surface area contributed by atoms with Crippen molar-refractivity contribution in [2.24, 2.45) is 0 Å². The van der Waals surface area contributed by atoms with Crippen molar-refractivity contribution in [3.8, 4) is 0 Å². The fourth-order valence-electron chi connectivity index (χ4n) is 3.08. The first-order chi connectivity index (χ1) is 9.84. The molecule has 1 rings (SSSR count). The summed E-state index contributed by atoms with van der Waals surface area (Å²) in [6.07, 6.45) is 18.5. The molecule has 0 aliphatic carbocycles. The summed E-state index contributed by atoms with van der Waals surface area (Å²) in [5.41, 5.74) is 0. The highest BCUT2D eigenvalue weighted by molar-refractivity contribution is 5.77. The Kier molecular flexibility index (Phi) is 10.7. The molecular weight excluding hydrogens is 246 g/mol. The first kappa shape index (κ1) is 17.5. The van der Waals surface area contributed by atoms with Gasteiger partial charge in [0.1, 0.15) is 0 Å². The van der Waals surface area contributed by atoms with Crippen LogP contribution in [0.4, 0.5) is 0 Å². The summed E-state index contributed by atoms with van der Waals surface area (Å²) in [6, 6.07) is 0. The summed E-state index contributed by atoms with van der Waals surface area (Å²) in [6.45, 7) is 4.30. The average molecular weight is 281 g/mol. The van der Waals surface area contributed by atoms with E-state index in [1.165, 1.54) is 77.0 Å². The predicted molar refractivity (Wildman–Crippen MR) is 86.9 cm³/mol. The van der Waals surface area contributed by atoms with Crippen LogP contribution in [-0.4, -0.2) is 23.9 Å². The zero-order valence-electron chi connectivity index (χ0n) is 13.7. The van der Waals surface area contributed by atoms with Gasteiger partial charge in [0.15, 0.2) is 0 Å². The molecule has 1 fully saturated rings. The summed E-state index contributed by atoms with van der Waals surface area (Å²) in [4.78, 5) is 13.5. The van der Waals surface area contributed by atoms with Crippen LogP contribution in [0.15, 0.2) is 0 Å². The molecule has 0 spiro atoms. The Labute approximate surface area is 126 Å². The summed E-state index contributed by atoms with van der Waals surface area (Å²) >= 11 is 0. The Balaban J connectivity index is 1.73. The highest BCUT2D eigenvalue weighted by Gasteiger charge is 2.18. The second-order valence-electron chi connectivity index (χ2n) is 6.37. The van der Waals surface area contributed by atoms with Gasteiger partial charge in [0.2, 0.25) is 5.91 Å². The number of unbranched alkanes of at least 4 members (excludes halogenated alkanes) is 11. The number of likely N-dealkylation sites (tertiary alicyclic amines) is 1. The van der Waals surface area contributed by atoms with Gasteiger partial charge in [-0.1, -0.05) is 77.6 Å². The van der Waals surface area contributed by atoms with Crippen molar-refractivity contribution in [3.05, 3.63) is 0 Å². The van der Waals surface area contributed by atoms with Gasteiger partial charge in [-0.2, -0.15) is 0 Å². The van der Waals surface area contributed by atoms with E-state index in [1.54, 1.807) is 0 Å². The molecule has 0 aromatic rings. The molecule has 118 valence electrons. The fourth-order valence-corrected chi connectivity index (χ4v) is 3.08. The third kappa shape index (κ3) is 8.60. The van der Waals surface area contributed by atoms with E-state index in [0.29, 0.717) is 5.91 Å². The summed E-state index contributed by atoms with van der Waals surface area (Å²) in [7, 11) is 0. The molecule has 20 heavy (non-hydrogen) atoms. The molecule has 0 atom stereocenters. The second-order valence-corrected chi connectivity index (χ2v) is 6.37. The minimum atomic E-state index is 0.382. The van der Waals surface area contributed by atoms with Crippen LogP contribution in [0.3, 0.4) is 0 Å². The number of hydrogen-bond acceptors (Lipinski definition) is 1. The van der Waals surface area contributed by atoms with Crippen molar-refractivity contribution in [1.82, 2.24) is 4.90 Å². The van der Waals surface area contributed by atoms with Crippen molar-refractivity contribution in [1.29, 1.82) is 0 Å². The first-order valence-electron chi connectivity index (χ1n) is 9.12. The first-order valence-corrected chi connectivity index (χ1v) is 9.12. The van der Waals surface area contributed by atoms with Crippen molar-refractivity contribution in [2.75, 3.05) is 13.1 Å². The van der Waals surface area contributed by atoms with Crippen LogP contribution in [0.5, 0.6) is 0 Å². The highest BCUT2D eigenvalue weighted by atomic mass is 16.2. The number of rotatable bonds is 13. The average Bonchev–Trinajstić information content (AvgIpc) is 2.85. The molecule has 0 radical (unpaired) electrons. The number of carbonyl (C=O) groups excluding carboxylic acids is 1. The van der Waals surface area contributed by atoms with Crippen molar-refractivity contribution < 1.29 is 4.79 Å². The monoisotopic (exact) mass is 281 g/mol. The van der Waals surface area contributed by atoms with Crippen molar-refractivity contribution >= 4 is 5.91 Å². The molecule has 0 aromatic heterocycles. The molecule has 0 saturated carbocycles. The number of amides is 1. The smallest absolute Gasteiger partial charge is 0.222 e. The molecule has 0 unspecified atom stereocenters. The normalized spacial score (nSPS) is 15.2. The molecule has 0 aromatic carbocycles. The van der Waals surface area contributed by atoms with Gasteiger partial charge in [-0.3, -0.25) is 4.79 Å². The zero-order valence-corrected chi connectivity index (χ0v) is 13.7. The number of carbonyl (C=O) groups is 1. The van der Waals surface area contributed by atoms with Gasteiger partial charge < -0.3 is 4.90 Å². The minimum Gasteiger partial charge on any atom is -0.343 e. The Morgan fingerprint density at radius 1 is 0.800 bits per heavy atom. The van der Waals surface area contributed by atoms with Crippen LogP contribution < -0.4 is 0 Å². The molecule has 2 nitrogen and oxygen atoms in total. The Bertz CT molecular complexity index is 240. The largest absolute Gasteiger partial charge is 0.343 e. The van der Waals surface area contributed by atoms with Crippen LogP contribution in [-0.2, 0) is 4.79 Å². The lowest BCUT2D eigenvalue weighted by Crippen LogP contribution is -2.25. The van der Waals surface area contributed by atoms with Gasteiger partial charge in [-0.25, -0.2) is 0 Å². The Hall–Kier alpha value is -0.530. The van der Waals surface area contributed by atoms with E-state index < -0.39 is 0 Å². The van der Waals surface area contributed by atoms with Crippen LogP contribution in [0.2, 0.25) is 0 Å². The van der Waals surface area contributed by atoms with Gasteiger partial charge in [0.25, 0.3) is 0 Å². The molecule has 2 heteroatoms. The quantitative estimate of drug-likeness (QED) is 0.419. The van der Waals surface area contributed by atoms with Crippen LogP contribution >= 0.6 is 0 Å². The summed E-state index contributed by atoms with van der Waals surface area (Å²) in [5, 5.41) is 0. The minimum absolute atomic E-state index is 0.382. The molecule has 0 N–H and O–H groups in total. The number of nitrogens with zero attached hydrogens (tertiary/aromatic N) is 1. The van der Waals surface area contributed by atoms with Gasteiger partial charge in [0.05, 0.1) is 0 Å². The molecule has 1 aliphatic heterocycles. The maximum Gasteiger partial charge on any atom is 0.222 e. The van der Waals surface area contributed by atoms with E-state index in [2.05, 4.69) is 11.8 Å². The molecule has 1 aliphatic rings. The Morgan fingerprint density at radius 2 is 1.30 bits per heavy atom. The lowest BCUT2D eigenvalue weighted by molar-refractivity contribution is -0.127. The molecule has 1 amide bonds. The van der Waals surface area contributed by atoms with E-state index in [9.17, 15) is 4.79 Å². The molecular formula is C18H35NO. The third-order valence-electron chi connectivity index (χ3n) is 4.45. The standard InChI is InChI=1S/C18H35NO/c1-2-3-4-5-6-7-8-9-10-11-12-13-16-19-17-14-15-18(19)20/h2-17H2,1H3. The molecule has 1 saturated heterocycles. The summed E-state index contributed by atoms with van der Waals surface area (Å²) < 4.78 is 0. The predicted octanol–water partition coefficient (Wildman–Crippen LogP) is 5.31. The van der Waals surface area contributed by atoms with Crippen LogP contribution in [0, 0.1) is 0 Å². The highest BCUT2D eigenvalue weighted by Crippen LogP contribution is 2.14. The molecule has 0 bridgehead atoms. The number of hydrogen-bond donors (Lipinski definition) is 0. The summed E-state index contributed by atoms with van der Waals surface area (Å²) in [5.74, 6) is 0.382. The maximum atomic E-state index is 11.4.